The van der Waals surface area contributed by atoms with Gasteiger partial charge in [-0.2, -0.15) is 0 Å². The normalized spacial score (nSPS) is 27.5. The third-order valence-corrected chi connectivity index (χ3v) is 9.11. The van der Waals surface area contributed by atoms with Crippen molar-refractivity contribution in [2.24, 2.45) is 11.8 Å². The Balaban J connectivity index is 0.00000110. The van der Waals surface area contributed by atoms with Crippen molar-refractivity contribution in [2.45, 2.75) is 54.4 Å². The average Bonchev–Trinajstić information content (AvgIpc) is 2.71. The molecule has 2 aliphatic carbocycles. The van der Waals surface area contributed by atoms with Gasteiger partial charge in [0.2, 0.25) is 0 Å². The van der Waals surface area contributed by atoms with Crippen LogP contribution in [0.15, 0.2) is 41.2 Å². The zero-order chi connectivity index (χ0) is 13.9. The zero-order valence-electron chi connectivity index (χ0n) is 13.8. The van der Waals surface area contributed by atoms with Crippen LogP contribution in [-0.2, 0) is 19.2 Å². The molecule has 3 heteroatoms. The summed E-state index contributed by atoms with van der Waals surface area (Å²) in [7, 11) is 0. The van der Waals surface area contributed by atoms with E-state index in [0.717, 1.165) is 11.8 Å². The molecular formula is C18H24Cl2Ti. The first kappa shape index (κ1) is 19.3. The molecule has 0 nitrogen and oxygen atoms in total. The molecule has 1 heterocycles. The molecule has 21 heavy (non-hydrogen) atoms. The van der Waals surface area contributed by atoms with E-state index in [9.17, 15) is 0 Å². The molecular weight excluding hydrogens is 335 g/mol. The Hall–Kier alpha value is 0.254. The van der Waals surface area contributed by atoms with Gasteiger partial charge in [-0.1, -0.05) is 0 Å². The van der Waals surface area contributed by atoms with Crippen LogP contribution in [0.2, 0.25) is 0 Å². The Morgan fingerprint density at radius 2 is 1.00 bits per heavy atom. The maximum Gasteiger partial charge on any atom is -1.00 e. The summed E-state index contributed by atoms with van der Waals surface area (Å²) in [4.78, 5) is 0. The molecule has 0 aromatic heterocycles. The largest absolute Gasteiger partial charge is 1.00 e. The number of allylic oxidation sites excluding steroid dienone is 8. The van der Waals surface area contributed by atoms with E-state index in [1.165, 1.54) is 12.8 Å². The van der Waals surface area contributed by atoms with Crippen LogP contribution >= 0.6 is 0 Å². The Bertz CT molecular complexity index is 538. The van der Waals surface area contributed by atoms with Crippen molar-refractivity contribution < 1.29 is 44.0 Å². The van der Waals surface area contributed by atoms with Gasteiger partial charge in [-0.15, -0.1) is 0 Å². The fraction of sp³-hybridized carbons (Fsp3) is 0.556. The number of rotatable bonds is 0. The number of hydrogen-bond donors (Lipinski definition) is 0. The van der Waals surface area contributed by atoms with Crippen molar-refractivity contribution in [3.8, 4) is 0 Å². The minimum Gasteiger partial charge on any atom is -1.00 e. The molecule has 2 unspecified atom stereocenters. The molecule has 1 saturated heterocycles. The summed E-state index contributed by atoms with van der Waals surface area (Å²) < 4.78 is 3.65. The quantitative estimate of drug-likeness (QED) is 0.505. The van der Waals surface area contributed by atoms with Crippen molar-refractivity contribution >= 4 is 0 Å². The molecule has 4 bridgehead atoms. The van der Waals surface area contributed by atoms with E-state index in [2.05, 4.69) is 41.5 Å². The van der Waals surface area contributed by atoms with Crippen molar-refractivity contribution in [2.75, 3.05) is 0 Å². The van der Waals surface area contributed by atoms with Gasteiger partial charge in [0.25, 0.3) is 0 Å². The summed E-state index contributed by atoms with van der Waals surface area (Å²) in [6.45, 7) is 14.4. The summed E-state index contributed by atoms with van der Waals surface area (Å²) in [6, 6.07) is 0. The molecule has 3 rings (SSSR count). The molecule has 2 atom stereocenters. The van der Waals surface area contributed by atoms with E-state index in [4.69, 9.17) is 0 Å². The van der Waals surface area contributed by atoms with Gasteiger partial charge in [-0.3, -0.25) is 0 Å². The fourth-order valence-electron chi connectivity index (χ4n) is 4.16. The first-order chi connectivity index (χ1) is 8.93. The van der Waals surface area contributed by atoms with Crippen LogP contribution < -0.4 is 24.8 Å². The standard InChI is InChI=1S/C18H24.2ClH.Ti/c1-11-9-13(3)17(15(11)5)7-8-18-14(4)10-12(2)16(18)6;;;/h13-14H,7-8H2,1-6H3;2*1H;/q;;;+2/p-2. The molecule has 0 radical (unpaired) electrons. The monoisotopic (exact) mass is 358 g/mol. The predicted octanol–water partition coefficient (Wildman–Crippen LogP) is -0.649. The molecule has 1 aliphatic heterocycles. The minimum absolute atomic E-state index is 0. The van der Waals surface area contributed by atoms with Gasteiger partial charge in [-0.25, -0.2) is 0 Å². The van der Waals surface area contributed by atoms with E-state index in [1.807, 2.05) is 7.76 Å². The molecule has 114 valence electrons. The van der Waals surface area contributed by atoms with Crippen LogP contribution in [0.25, 0.3) is 0 Å². The van der Waals surface area contributed by atoms with Crippen molar-refractivity contribution in [1.29, 1.82) is 0 Å². The van der Waals surface area contributed by atoms with Crippen LogP contribution in [0.5, 0.6) is 0 Å². The van der Waals surface area contributed by atoms with Crippen molar-refractivity contribution in [3.63, 3.8) is 0 Å². The summed E-state index contributed by atoms with van der Waals surface area (Å²) >= 11 is -0.0922. The molecule has 0 aromatic rings. The van der Waals surface area contributed by atoms with E-state index >= 15 is 0 Å². The molecule has 3 aliphatic rings. The van der Waals surface area contributed by atoms with Crippen molar-refractivity contribution in [3.05, 3.63) is 41.2 Å². The Kier molecular flexibility index (Phi) is 6.24. The second-order valence-electron chi connectivity index (χ2n) is 6.45. The van der Waals surface area contributed by atoms with Gasteiger partial charge in [0.15, 0.2) is 0 Å². The SMILES string of the molecule is CC1=C2CCC3=C(C)C(C)=[C]([Ti+2][C](=C1C)C2C)C3C.[Cl-].[Cl-]. The second kappa shape index (κ2) is 6.79. The van der Waals surface area contributed by atoms with Crippen LogP contribution in [0, 0.1) is 11.8 Å². The predicted molar refractivity (Wildman–Crippen MR) is 78.4 cm³/mol. The molecule has 0 aromatic carbocycles. The Morgan fingerprint density at radius 1 is 0.667 bits per heavy atom. The molecule has 0 amide bonds. The van der Waals surface area contributed by atoms with Crippen LogP contribution in [0.1, 0.15) is 54.4 Å². The Labute approximate surface area is 151 Å². The number of halogens is 2. The van der Waals surface area contributed by atoms with Gasteiger partial charge >= 0.3 is 127 Å². The summed E-state index contributed by atoms with van der Waals surface area (Å²) in [6.07, 6.45) is 2.58. The minimum atomic E-state index is -0.0922. The summed E-state index contributed by atoms with van der Waals surface area (Å²) in [5.74, 6) is 1.49. The third-order valence-electron chi connectivity index (χ3n) is 5.74. The summed E-state index contributed by atoms with van der Waals surface area (Å²) in [5, 5.41) is 0. The number of hydrogen-bond acceptors (Lipinski definition) is 0. The first-order valence-corrected chi connectivity index (χ1v) is 9.08. The fourth-order valence-corrected chi connectivity index (χ4v) is 7.00. The number of fused-ring (bicyclic) bond motifs is 4. The maximum atomic E-state index is 2.45. The van der Waals surface area contributed by atoms with E-state index in [-0.39, 0.29) is 44.0 Å². The first-order valence-electron chi connectivity index (χ1n) is 7.52. The van der Waals surface area contributed by atoms with Crippen molar-refractivity contribution in [1.82, 2.24) is 0 Å². The second-order valence-corrected chi connectivity index (χ2v) is 8.52. The van der Waals surface area contributed by atoms with Gasteiger partial charge in [-0.05, 0) is 0 Å². The smallest absolute Gasteiger partial charge is 1.00 e. The maximum absolute atomic E-state index is 2.45. The molecule has 0 spiro atoms. The Morgan fingerprint density at radius 3 is 1.33 bits per heavy atom. The molecule has 1 fully saturated rings. The molecule has 0 saturated carbocycles. The van der Waals surface area contributed by atoms with Gasteiger partial charge in [0.1, 0.15) is 0 Å². The van der Waals surface area contributed by atoms with Gasteiger partial charge in [0.05, 0.1) is 0 Å². The van der Waals surface area contributed by atoms with Gasteiger partial charge in [0, 0.05) is 0 Å². The average molecular weight is 359 g/mol. The van der Waals surface area contributed by atoms with E-state index in [0.29, 0.717) is 0 Å². The van der Waals surface area contributed by atoms with Gasteiger partial charge < -0.3 is 24.8 Å². The van der Waals surface area contributed by atoms with Crippen LogP contribution in [0.4, 0.5) is 0 Å². The van der Waals surface area contributed by atoms with E-state index < -0.39 is 0 Å². The zero-order valence-corrected chi connectivity index (χ0v) is 16.9. The topological polar surface area (TPSA) is 0 Å². The summed E-state index contributed by atoms with van der Waals surface area (Å²) in [5.41, 5.74) is 10.0. The van der Waals surface area contributed by atoms with E-state index in [1.54, 1.807) is 33.4 Å². The molecule has 0 N–H and O–H groups in total. The third kappa shape index (κ3) is 2.78. The van der Waals surface area contributed by atoms with Crippen LogP contribution in [-0.4, -0.2) is 0 Å². The van der Waals surface area contributed by atoms with Crippen LogP contribution in [0.3, 0.4) is 0 Å².